The summed E-state index contributed by atoms with van der Waals surface area (Å²) in [7, 11) is 3.32. The van der Waals surface area contributed by atoms with Crippen molar-refractivity contribution in [2.45, 2.75) is 31.0 Å². The topological polar surface area (TPSA) is 156 Å². The monoisotopic (exact) mass is 780 g/mol. The van der Waals surface area contributed by atoms with Crippen molar-refractivity contribution in [3.05, 3.63) is 124 Å². The fourth-order valence-corrected chi connectivity index (χ4v) is 5.86. The fourth-order valence-electron chi connectivity index (χ4n) is 5.37. The molecule has 3 aromatic carbocycles. The number of aromatic nitrogens is 4. The van der Waals surface area contributed by atoms with Gasteiger partial charge in [-0.3, -0.25) is 9.36 Å². The molecule has 0 spiro atoms. The number of nitrogens with one attached hydrogen (secondary N) is 1. The van der Waals surface area contributed by atoms with Crippen LogP contribution in [0.15, 0.2) is 101 Å². The van der Waals surface area contributed by atoms with E-state index >= 15 is 0 Å². The highest BCUT2D eigenvalue weighted by molar-refractivity contribution is 7.85. The van der Waals surface area contributed by atoms with Crippen molar-refractivity contribution in [2.75, 3.05) is 41.3 Å². The van der Waals surface area contributed by atoms with Crippen molar-refractivity contribution in [3.8, 4) is 22.8 Å². The normalized spacial score (nSPS) is 12.2. The summed E-state index contributed by atoms with van der Waals surface area (Å²) < 4.78 is 75.5. The van der Waals surface area contributed by atoms with Gasteiger partial charge in [0.2, 0.25) is 5.91 Å². The number of carbonyl (C=O) groups excluding carboxylic acids is 2. The molecule has 14 nitrogen and oxygen atoms in total. The number of halogens is 3. The predicted molar refractivity (Wildman–Crippen MR) is 197 cm³/mol. The molecule has 2 amide bonds. The summed E-state index contributed by atoms with van der Waals surface area (Å²) in [4.78, 5) is 45.6. The molecule has 5 aromatic rings. The number of carbonyl (C=O) groups is 2. The standard InChI is InChI=1S/C31H33F3N8O3.C6H6O3S/c1-20(28(43)38(4)17-18-42(5,6)7)37-29(44)40-27(26-15-16-36-41(26)24-13-11-23(35-3)12-14-24)21(2)39(30(40)45)25-10-8-9-22(19-25)31(32,33)34;7-10(8,9)6-4-2-1-3-5-6/h8-16,19-20H,17-18H2,1-2,4-7H3;1-5H,(H,7,8,9)/t20-;/m0./s1. The largest absolute Gasteiger partial charge is 0.744 e. The van der Waals surface area contributed by atoms with Crippen LogP contribution in [0, 0.1) is 13.5 Å². The number of amides is 2. The van der Waals surface area contributed by atoms with Crippen molar-refractivity contribution in [1.29, 1.82) is 0 Å². The lowest BCUT2D eigenvalue weighted by molar-refractivity contribution is -0.869. The predicted octanol–water partition coefficient (Wildman–Crippen LogP) is 5.07. The molecule has 0 radical (unpaired) electrons. The Morgan fingerprint density at radius 2 is 1.64 bits per heavy atom. The van der Waals surface area contributed by atoms with Crippen LogP contribution in [0.2, 0.25) is 0 Å². The van der Waals surface area contributed by atoms with E-state index in [1.54, 1.807) is 43.4 Å². The molecule has 290 valence electrons. The van der Waals surface area contributed by atoms with Gasteiger partial charge >= 0.3 is 17.9 Å². The minimum absolute atomic E-state index is 0.0553. The van der Waals surface area contributed by atoms with Crippen LogP contribution >= 0.6 is 0 Å². The summed E-state index contributed by atoms with van der Waals surface area (Å²) in [6, 6.07) is 17.4. The summed E-state index contributed by atoms with van der Waals surface area (Å²) in [5.41, 5.74) is -0.611. The molecule has 0 aliphatic carbocycles. The Balaban J connectivity index is 0.000000583. The highest BCUT2D eigenvalue weighted by atomic mass is 32.2. The van der Waals surface area contributed by atoms with Crippen molar-refractivity contribution in [1.82, 2.24) is 29.1 Å². The van der Waals surface area contributed by atoms with Crippen LogP contribution in [-0.2, 0) is 21.1 Å². The molecule has 0 unspecified atom stereocenters. The van der Waals surface area contributed by atoms with E-state index in [1.807, 2.05) is 21.1 Å². The number of hydrogen-bond donors (Lipinski definition) is 1. The van der Waals surface area contributed by atoms with Gasteiger partial charge in [-0.1, -0.05) is 36.4 Å². The zero-order chi connectivity index (χ0) is 40.9. The van der Waals surface area contributed by atoms with Gasteiger partial charge in [0.1, 0.15) is 21.9 Å². The first-order valence-corrected chi connectivity index (χ1v) is 18.0. The molecule has 0 saturated carbocycles. The number of nitrogens with zero attached hydrogens (tertiary/aromatic N) is 7. The maximum Gasteiger partial charge on any atom is 0.416 e. The number of alkyl halides is 3. The zero-order valence-electron chi connectivity index (χ0n) is 30.8. The van der Waals surface area contributed by atoms with E-state index in [0.29, 0.717) is 28.9 Å². The summed E-state index contributed by atoms with van der Waals surface area (Å²) in [5.74, 6) is -0.384. The molecule has 0 fully saturated rings. The van der Waals surface area contributed by atoms with Crippen molar-refractivity contribution in [2.24, 2.45) is 0 Å². The molecule has 0 saturated heterocycles. The second-order valence-corrected chi connectivity index (χ2v) is 14.8. The second kappa shape index (κ2) is 16.5. The quantitative estimate of drug-likeness (QED) is 0.124. The maximum atomic E-state index is 14.0. The van der Waals surface area contributed by atoms with Gasteiger partial charge in [0.25, 0.3) is 0 Å². The molecular weight excluding hydrogens is 742 g/mol. The van der Waals surface area contributed by atoms with Gasteiger partial charge in [-0.25, -0.2) is 32.1 Å². The van der Waals surface area contributed by atoms with Gasteiger partial charge in [0, 0.05) is 7.05 Å². The summed E-state index contributed by atoms with van der Waals surface area (Å²) >= 11 is 0. The highest BCUT2D eigenvalue weighted by Crippen LogP contribution is 2.32. The maximum absolute atomic E-state index is 14.0. The first-order chi connectivity index (χ1) is 25.6. The van der Waals surface area contributed by atoms with Gasteiger partial charge in [-0.05, 0) is 62.4 Å². The van der Waals surface area contributed by atoms with E-state index in [-0.39, 0.29) is 33.6 Å². The lowest BCUT2D eigenvalue weighted by atomic mass is 10.2. The van der Waals surface area contributed by atoms with Gasteiger partial charge in [0.15, 0.2) is 5.69 Å². The molecule has 2 aromatic heterocycles. The minimum atomic E-state index is -4.67. The lowest BCUT2D eigenvalue weighted by Gasteiger charge is -2.28. The Morgan fingerprint density at radius 1 is 1.00 bits per heavy atom. The fraction of sp³-hybridized carbons (Fsp3) is 0.270. The van der Waals surface area contributed by atoms with Crippen molar-refractivity contribution >= 4 is 27.7 Å². The molecule has 5 rings (SSSR count). The first kappa shape index (κ1) is 41.7. The van der Waals surface area contributed by atoms with E-state index in [2.05, 4.69) is 15.3 Å². The molecule has 2 heterocycles. The minimum Gasteiger partial charge on any atom is -0.744 e. The lowest BCUT2D eigenvalue weighted by Crippen LogP contribution is -2.50. The van der Waals surface area contributed by atoms with Crippen LogP contribution in [0.25, 0.3) is 27.6 Å². The number of quaternary nitrogens is 1. The van der Waals surface area contributed by atoms with Crippen molar-refractivity contribution < 1.29 is 40.2 Å². The Bertz CT molecular complexity index is 2370. The van der Waals surface area contributed by atoms with E-state index in [1.165, 1.54) is 66.0 Å². The number of imidazole rings is 1. The van der Waals surface area contributed by atoms with Crippen LogP contribution in [-0.4, -0.2) is 101 Å². The van der Waals surface area contributed by atoms with Gasteiger partial charge in [-0.15, -0.1) is 0 Å². The molecule has 55 heavy (non-hydrogen) atoms. The third-order valence-corrected chi connectivity index (χ3v) is 9.10. The van der Waals surface area contributed by atoms with E-state index in [0.717, 1.165) is 21.3 Å². The van der Waals surface area contributed by atoms with Crippen LogP contribution in [0.5, 0.6) is 0 Å². The summed E-state index contributed by atoms with van der Waals surface area (Å²) in [6.07, 6.45) is -3.22. The van der Waals surface area contributed by atoms with Gasteiger partial charge < -0.3 is 19.3 Å². The van der Waals surface area contributed by atoms with Crippen molar-refractivity contribution in [3.63, 3.8) is 0 Å². The molecule has 1 atom stereocenters. The van der Waals surface area contributed by atoms with Crippen LogP contribution in [0.3, 0.4) is 0 Å². The second-order valence-electron chi connectivity index (χ2n) is 13.4. The Morgan fingerprint density at radius 3 is 2.18 bits per heavy atom. The number of likely N-dealkylation sites (N-methyl/N-ethyl adjacent to an activating group) is 2. The third kappa shape index (κ3) is 10.1. The van der Waals surface area contributed by atoms with Gasteiger partial charge in [0.05, 0.1) is 80.2 Å². The van der Waals surface area contributed by atoms with E-state index in [4.69, 9.17) is 6.57 Å². The molecule has 0 bridgehead atoms. The average Bonchev–Trinajstić information content (AvgIpc) is 3.71. The molecular formula is C37H39F3N8O6S. The first-order valence-electron chi connectivity index (χ1n) is 16.6. The SMILES string of the molecule is O=S(=O)([O-])c1ccccc1.[C-]#[N+]c1ccc(-n2nccc2-c2c(C)n(-c3cccc(C(F)(F)F)c3)c(=O)n2C(=O)N[C@@H](C)C(=O)N(C)CC[N+](C)(C)C)cc1. The van der Waals surface area contributed by atoms with Crippen LogP contribution in [0.4, 0.5) is 23.7 Å². The number of rotatable bonds is 9. The smallest absolute Gasteiger partial charge is 0.416 e. The third-order valence-electron chi connectivity index (χ3n) is 8.25. The summed E-state index contributed by atoms with van der Waals surface area (Å²) in [5, 5.41) is 6.93. The molecule has 0 aliphatic rings. The molecule has 18 heteroatoms. The zero-order valence-corrected chi connectivity index (χ0v) is 31.6. The summed E-state index contributed by atoms with van der Waals surface area (Å²) in [6.45, 7) is 11.3. The van der Waals surface area contributed by atoms with E-state index < -0.39 is 39.6 Å². The van der Waals surface area contributed by atoms with E-state index in [9.17, 15) is 40.5 Å². The average molecular weight is 781 g/mol. The molecule has 1 N–H and O–H groups in total. The highest BCUT2D eigenvalue weighted by Gasteiger charge is 2.33. The van der Waals surface area contributed by atoms with Crippen LogP contribution in [0.1, 0.15) is 18.2 Å². The Kier molecular flexibility index (Phi) is 12.6. The number of benzene rings is 3. The Hall–Kier alpha value is -6.03. The molecule has 0 aliphatic heterocycles. The van der Waals surface area contributed by atoms with Crippen LogP contribution < -0.4 is 11.0 Å². The van der Waals surface area contributed by atoms with Gasteiger partial charge in [-0.2, -0.15) is 18.3 Å². The number of hydrogen-bond acceptors (Lipinski definition) is 7. The Labute approximate surface area is 315 Å².